The molecule has 1 aromatic carbocycles. The first-order chi connectivity index (χ1) is 12.1. The number of para-hydroxylation sites is 1. The lowest BCUT2D eigenvalue weighted by atomic mass is 9.97. The summed E-state index contributed by atoms with van der Waals surface area (Å²) in [7, 11) is 0. The van der Waals surface area contributed by atoms with E-state index in [2.05, 4.69) is 30.2 Å². The largest absolute Gasteiger partial charge is 0.325 e. The number of carbonyl (C=O) groups excluding carboxylic acids is 2. The van der Waals surface area contributed by atoms with Crippen molar-refractivity contribution in [2.45, 2.75) is 45.4 Å². The van der Waals surface area contributed by atoms with E-state index >= 15 is 0 Å². The first-order valence-electron chi connectivity index (χ1n) is 8.72. The Morgan fingerprint density at radius 1 is 1.40 bits per heavy atom. The maximum atomic E-state index is 12.4. The van der Waals surface area contributed by atoms with Gasteiger partial charge < -0.3 is 5.32 Å². The van der Waals surface area contributed by atoms with E-state index in [1.54, 1.807) is 4.90 Å². The Morgan fingerprint density at radius 3 is 2.92 bits per heavy atom. The molecule has 1 aliphatic rings. The van der Waals surface area contributed by atoms with Crippen LogP contribution in [0.4, 0.5) is 10.8 Å². The lowest BCUT2D eigenvalue weighted by Gasteiger charge is -2.15. The molecule has 1 saturated heterocycles. The molecule has 1 fully saturated rings. The molecule has 0 bridgehead atoms. The number of nitrogens with zero attached hydrogens (tertiary/aromatic N) is 2. The maximum absolute atomic E-state index is 12.4. The van der Waals surface area contributed by atoms with E-state index in [0.717, 1.165) is 30.6 Å². The van der Waals surface area contributed by atoms with Gasteiger partial charge in [-0.3, -0.25) is 14.5 Å². The summed E-state index contributed by atoms with van der Waals surface area (Å²) in [6, 6.07) is 7.93. The van der Waals surface area contributed by atoms with Gasteiger partial charge in [0, 0.05) is 24.0 Å². The van der Waals surface area contributed by atoms with Crippen molar-refractivity contribution in [2.75, 3.05) is 16.8 Å². The monoisotopic (exact) mass is 357 g/mol. The third kappa shape index (κ3) is 4.07. The summed E-state index contributed by atoms with van der Waals surface area (Å²) in [6.07, 6.45) is 2.70. The fourth-order valence-corrected chi connectivity index (χ4v) is 3.84. The number of anilines is 2. The molecule has 1 aliphatic heterocycles. The van der Waals surface area contributed by atoms with Crippen LogP contribution in [0.15, 0.2) is 29.6 Å². The SMILES string of the molecule is CC[C@@H](C)c1ccccc1NC(=O)Cc1csc(N2CCCC2=O)n1. The fraction of sp³-hybridized carbons (Fsp3) is 0.421. The van der Waals surface area contributed by atoms with Crippen LogP contribution in [0.3, 0.4) is 0 Å². The number of benzene rings is 1. The Morgan fingerprint density at radius 2 is 2.20 bits per heavy atom. The van der Waals surface area contributed by atoms with Gasteiger partial charge in [0.05, 0.1) is 12.1 Å². The van der Waals surface area contributed by atoms with E-state index < -0.39 is 0 Å². The number of thiazole rings is 1. The predicted molar refractivity (Wildman–Crippen MR) is 101 cm³/mol. The van der Waals surface area contributed by atoms with Gasteiger partial charge in [0.15, 0.2) is 5.13 Å². The molecule has 1 atom stereocenters. The summed E-state index contributed by atoms with van der Waals surface area (Å²) in [6.45, 7) is 5.02. The molecule has 5 nitrogen and oxygen atoms in total. The van der Waals surface area contributed by atoms with Crippen molar-refractivity contribution >= 4 is 34.0 Å². The first-order valence-corrected chi connectivity index (χ1v) is 9.60. The van der Waals surface area contributed by atoms with Gasteiger partial charge in [0.1, 0.15) is 0 Å². The minimum atomic E-state index is -0.0830. The maximum Gasteiger partial charge on any atom is 0.230 e. The van der Waals surface area contributed by atoms with Gasteiger partial charge in [-0.05, 0) is 30.4 Å². The Kier molecular flexibility index (Phi) is 5.48. The lowest BCUT2D eigenvalue weighted by molar-refractivity contribution is -0.117. The summed E-state index contributed by atoms with van der Waals surface area (Å²) in [4.78, 5) is 30.4. The molecule has 132 valence electrons. The predicted octanol–water partition coefficient (Wildman–Crippen LogP) is 3.96. The van der Waals surface area contributed by atoms with Crippen LogP contribution in [0.1, 0.15) is 50.3 Å². The third-order valence-corrected chi connectivity index (χ3v) is 5.48. The number of carbonyl (C=O) groups is 2. The minimum absolute atomic E-state index is 0.0830. The molecule has 2 amide bonds. The Bertz CT molecular complexity index is 772. The normalized spacial score (nSPS) is 15.4. The zero-order chi connectivity index (χ0) is 17.8. The smallest absolute Gasteiger partial charge is 0.230 e. The van der Waals surface area contributed by atoms with Crippen LogP contribution in [0.5, 0.6) is 0 Å². The summed E-state index contributed by atoms with van der Waals surface area (Å²) in [5.74, 6) is 0.428. The van der Waals surface area contributed by atoms with Crippen molar-refractivity contribution in [1.82, 2.24) is 4.98 Å². The third-order valence-electron chi connectivity index (χ3n) is 4.56. The van der Waals surface area contributed by atoms with Gasteiger partial charge in [-0.25, -0.2) is 4.98 Å². The molecule has 0 saturated carbocycles. The molecule has 0 spiro atoms. The van der Waals surface area contributed by atoms with Gasteiger partial charge in [0.25, 0.3) is 0 Å². The summed E-state index contributed by atoms with van der Waals surface area (Å²) < 4.78 is 0. The fourth-order valence-electron chi connectivity index (χ4n) is 2.97. The molecule has 25 heavy (non-hydrogen) atoms. The number of hydrogen-bond acceptors (Lipinski definition) is 4. The average Bonchev–Trinajstić information content (AvgIpc) is 3.23. The number of nitrogens with one attached hydrogen (secondary N) is 1. The van der Waals surface area contributed by atoms with Crippen molar-refractivity contribution in [2.24, 2.45) is 0 Å². The van der Waals surface area contributed by atoms with Crippen molar-refractivity contribution in [1.29, 1.82) is 0 Å². The van der Waals surface area contributed by atoms with E-state index in [0.29, 0.717) is 23.2 Å². The standard InChI is InChI=1S/C19H23N3O2S/c1-3-13(2)15-7-4-5-8-16(15)21-17(23)11-14-12-25-19(20-14)22-10-6-9-18(22)24/h4-5,7-8,12-13H,3,6,9-11H2,1-2H3,(H,21,23)/t13-/m1/s1. The lowest BCUT2D eigenvalue weighted by Crippen LogP contribution is -2.23. The molecule has 0 radical (unpaired) electrons. The number of rotatable bonds is 6. The van der Waals surface area contributed by atoms with Crippen molar-refractivity contribution in [3.63, 3.8) is 0 Å². The zero-order valence-corrected chi connectivity index (χ0v) is 15.4. The van der Waals surface area contributed by atoms with E-state index in [1.165, 1.54) is 11.3 Å². The van der Waals surface area contributed by atoms with Crippen molar-refractivity contribution in [3.05, 3.63) is 40.9 Å². The van der Waals surface area contributed by atoms with E-state index in [-0.39, 0.29) is 18.2 Å². The molecule has 1 aromatic heterocycles. The van der Waals surface area contributed by atoms with Crippen LogP contribution < -0.4 is 10.2 Å². The Hall–Kier alpha value is -2.21. The summed E-state index contributed by atoms with van der Waals surface area (Å²) in [5, 5.41) is 5.57. The van der Waals surface area contributed by atoms with Gasteiger partial charge in [-0.1, -0.05) is 32.0 Å². The Balaban J connectivity index is 1.66. The number of amides is 2. The van der Waals surface area contributed by atoms with Crippen molar-refractivity contribution < 1.29 is 9.59 Å². The highest BCUT2D eigenvalue weighted by molar-refractivity contribution is 7.14. The highest BCUT2D eigenvalue weighted by Gasteiger charge is 2.24. The highest BCUT2D eigenvalue weighted by Crippen LogP contribution is 2.28. The quantitative estimate of drug-likeness (QED) is 0.851. The summed E-state index contributed by atoms with van der Waals surface area (Å²) in [5.41, 5.74) is 2.73. The minimum Gasteiger partial charge on any atom is -0.325 e. The number of aromatic nitrogens is 1. The summed E-state index contributed by atoms with van der Waals surface area (Å²) >= 11 is 1.42. The topological polar surface area (TPSA) is 62.3 Å². The van der Waals surface area contributed by atoms with Crippen LogP contribution in [-0.2, 0) is 16.0 Å². The average molecular weight is 357 g/mol. The van der Waals surface area contributed by atoms with E-state index in [9.17, 15) is 9.59 Å². The molecule has 6 heteroatoms. The van der Waals surface area contributed by atoms with Gasteiger partial charge in [-0.15, -0.1) is 11.3 Å². The molecule has 0 aliphatic carbocycles. The molecule has 3 rings (SSSR count). The first kappa shape index (κ1) is 17.6. The van der Waals surface area contributed by atoms with Gasteiger partial charge >= 0.3 is 0 Å². The second-order valence-electron chi connectivity index (χ2n) is 6.39. The van der Waals surface area contributed by atoms with Crippen molar-refractivity contribution in [3.8, 4) is 0 Å². The molecular weight excluding hydrogens is 334 g/mol. The van der Waals surface area contributed by atoms with E-state index in [4.69, 9.17) is 0 Å². The van der Waals surface area contributed by atoms with Gasteiger partial charge in [0.2, 0.25) is 11.8 Å². The van der Waals surface area contributed by atoms with Crippen LogP contribution in [0.25, 0.3) is 0 Å². The van der Waals surface area contributed by atoms with Crippen LogP contribution in [0.2, 0.25) is 0 Å². The highest BCUT2D eigenvalue weighted by atomic mass is 32.1. The van der Waals surface area contributed by atoms with Crippen LogP contribution in [-0.4, -0.2) is 23.3 Å². The van der Waals surface area contributed by atoms with Crippen LogP contribution in [0, 0.1) is 0 Å². The molecular formula is C19H23N3O2S. The zero-order valence-electron chi connectivity index (χ0n) is 14.6. The second-order valence-corrected chi connectivity index (χ2v) is 7.23. The Labute approximate surface area is 152 Å². The van der Waals surface area contributed by atoms with Crippen LogP contribution >= 0.6 is 11.3 Å². The van der Waals surface area contributed by atoms with Gasteiger partial charge in [-0.2, -0.15) is 0 Å². The molecule has 2 heterocycles. The molecule has 0 unspecified atom stereocenters. The van der Waals surface area contributed by atoms with E-state index in [1.807, 2.05) is 23.6 Å². The second kappa shape index (κ2) is 7.78. The molecule has 2 aromatic rings. The molecule has 1 N–H and O–H groups in total. The number of hydrogen-bond donors (Lipinski definition) is 1.